The summed E-state index contributed by atoms with van der Waals surface area (Å²) in [4.78, 5) is 11.4. The van der Waals surface area contributed by atoms with Crippen LogP contribution in [0.5, 0.6) is 0 Å². The predicted octanol–water partition coefficient (Wildman–Crippen LogP) is 2.32. The summed E-state index contributed by atoms with van der Waals surface area (Å²) >= 11 is 3.48. The van der Waals surface area contributed by atoms with E-state index in [4.69, 9.17) is 0 Å². The first-order valence-electron chi connectivity index (χ1n) is 8.04. The fourth-order valence-corrected chi connectivity index (χ4v) is 3.12. The predicted molar refractivity (Wildman–Crippen MR) is 116 cm³/mol. The summed E-state index contributed by atoms with van der Waals surface area (Å²) in [6, 6.07) is 8.94. The molecule has 1 aliphatic heterocycles. The standard InChI is InChI=1S/C17H28BrN5.HI/c1-19-17(20-11-16-13-21(2)9-10-22(16)3)23(4)12-14-5-7-15(18)8-6-14;/h5-8,16H,9-13H2,1-4H3,(H,19,20);1H. The number of nitrogens with zero attached hydrogens (tertiary/aromatic N) is 4. The Labute approximate surface area is 171 Å². The molecule has 0 spiro atoms. The van der Waals surface area contributed by atoms with Gasteiger partial charge in [-0.05, 0) is 31.8 Å². The molecule has 7 heteroatoms. The maximum absolute atomic E-state index is 4.42. The molecule has 2 rings (SSSR count). The van der Waals surface area contributed by atoms with E-state index in [2.05, 4.69) is 86.3 Å². The molecule has 0 saturated carbocycles. The molecule has 1 fully saturated rings. The van der Waals surface area contributed by atoms with Gasteiger partial charge in [-0.3, -0.25) is 9.89 Å². The number of benzene rings is 1. The van der Waals surface area contributed by atoms with Crippen LogP contribution in [0.3, 0.4) is 0 Å². The second kappa shape index (κ2) is 10.6. The molecule has 0 aromatic heterocycles. The molecular formula is C17H29BrIN5. The fourth-order valence-electron chi connectivity index (χ4n) is 2.85. The number of guanidine groups is 1. The normalized spacial score (nSPS) is 19.7. The van der Waals surface area contributed by atoms with Crippen LogP contribution in [0, 0.1) is 0 Å². The number of aliphatic imine (C=N–C) groups is 1. The number of piperazine rings is 1. The second-order valence-corrected chi connectivity index (χ2v) is 7.22. The third-order valence-electron chi connectivity index (χ3n) is 4.38. The molecule has 136 valence electrons. The lowest BCUT2D eigenvalue weighted by Crippen LogP contribution is -2.55. The first-order valence-corrected chi connectivity index (χ1v) is 8.84. The molecule has 1 unspecified atom stereocenters. The monoisotopic (exact) mass is 509 g/mol. The summed E-state index contributed by atoms with van der Waals surface area (Å²) in [6.07, 6.45) is 0. The van der Waals surface area contributed by atoms with Gasteiger partial charge < -0.3 is 15.1 Å². The molecule has 1 N–H and O–H groups in total. The number of likely N-dealkylation sites (N-methyl/N-ethyl adjacent to an activating group) is 2. The number of hydrogen-bond donors (Lipinski definition) is 1. The van der Waals surface area contributed by atoms with E-state index in [0.717, 1.165) is 43.2 Å². The van der Waals surface area contributed by atoms with Crippen LogP contribution >= 0.6 is 39.9 Å². The highest BCUT2D eigenvalue weighted by Crippen LogP contribution is 2.12. The van der Waals surface area contributed by atoms with E-state index in [1.54, 1.807) is 0 Å². The van der Waals surface area contributed by atoms with Gasteiger partial charge in [-0.25, -0.2) is 0 Å². The zero-order valence-corrected chi connectivity index (χ0v) is 18.9. The lowest BCUT2D eigenvalue weighted by molar-refractivity contribution is 0.116. The topological polar surface area (TPSA) is 34.1 Å². The van der Waals surface area contributed by atoms with Gasteiger partial charge in [-0.1, -0.05) is 28.1 Å². The number of nitrogens with one attached hydrogen (secondary N) is 1. The van der Waals surface area contributed by atoms with E-state index >= 15 is 0 Å². The Morgan fingerprint density at radius 1 is 1.29 bits per heavy atom. The Kier molecular flexibility index (Phi) is 9.54. The minimum absolute atomic E-state index is 0. The van der Waals surface area contributed by atoms with Crippen LogP contribution in [-0.4, -0.2) is 81.1 Å². The molecule has 24 heavy (non-hydrogen) atoms. The van der Waals surface area contributed by atoms with E-state index in [9.17, 15) is 0 Å². The van der Waals surface area contributed by atoms with Crippen molar-refractivity contribution in [3.8, 4) is 0 Å². The van der Waals surface area contributed by atoms with Crippen LogP contribution in [0.15, 0.2) is 33.7 Å². The van der Waals surface area contributed by atoms with Crippen molar-refractivity contribution in [3.05, 3.63) is 34.3 Å². The van der Waals surface area contributed by atoms with Gasteiger partial charge >= 0.3 is 0 Å². The van der Waals surface area contributed by atoms with Crippen molar-refractivity contribution in [2.45, 2.75) is 12.6 Å². The van der Waals surface area contributed by atoms with Gasteiger partial charge in [-0.2, -0.15) is 0 Å². The molecule has 1 aliphatic rings. The Morgan fingerprint density at radius 2 is 1.96 bits per heavy atom. The molecule has 1 atom stereocenters. The smallest absolute Gasteiger partial charge is 0.193 e. The number of halogens is 2. The van der Waals surface area contributed by atoms with E-state index in [1.165, 1.54) is 5.56 Å². The number of hydrogen-bond acceptors (Lipinski definition) is 3. The van der Waals surface area contributed by atoms with Crippen molar-refractivity contribution in [1.29, 1.82) is 0 Å². The largest absolute Gasteiger partial charge is 0.355 e. The molecule has 0 bridgehead atoms. The van der Waals surface area contributed by atoms with Crippen LogP contribution in [0.4, 0.5) is 0 Å². The summed E-state index contributed by atoms with van der Waals surface area (Å²) in [6.45, 7) is 5.11. The van der Waals surface area contributed by atoms with Gasteiger partial charge in [0.15, 0.2) is 5.96 Å². The van der Waals surface area contributed by atoms with Crippen LogP contribution in [0.2, 0.25) is 0 Å². The lowest BCUT2D eigenvalue weighted by atomic mass is 10.2. The van der Waals surface area contributed by atoms with Gasteiger partial charge in [0, 0.05) is 57.3 Å². The summed E-state index contributed by atoms with van der Waals surface area (Å²) in [5.41, 5.74) is 1.27. The SMILES string of the molecule is CN=C(NCC1CN(C)CCN1C)N(C)Cc1ccc(Br)cc1.I. The molecule has 0 amide bonds. The zero-order chi connectivity index (χ0) is 16.8. The first kappa shape index (κ1) is 21.7. The summed E-state index contributed by atoms with van der Waals surface area (Å²) < 4.78 is 1.11. The maximum atomic E-state index is 4.42. The van der Waals surface area contributed by atoms with Crippen molar-refractivity contribution in [2.24, 2.45) is 4.99 Å². The fraction of sp³-hybridized carbons (Fsp3) is 0.588. The molecular weight excluding hydrogens is 481 g/mol. The van der Waals surface area contributed by atoms with Gasteiger partial charge in [-0.15, -0.1) is 24.0 Å². The Hall–Kier alpha value is -0.380. The Bertz CT molecular complexity index is 522. The average Bonchev–Trinajstić information content (AvgIpc) is 2.53. The van der Waals surface area contributed by atoms with Crippen molar-refractivity contribution in [1.82, 2.24) is 20.0 Å². The van der Waals surface area contributed by atoms with E-state index in [-0.39, 0.29) is 24.0 Å². The van der Waals surface area contributed by atoms with Crippen LogP contribution in [0.1, 0.15) is 5.56 Å². The van der Waals surface area contributed by atoms with Crippen molar-refractivity contribution in [3.63, 3.8) is 0 Å². The minimum atomic E-state index is 0. The third-order valence-corrected chi connectivity index (χ3v) is 4.91. The van der Waals surface area contributed by atoms with Crippen LogP contribution < -0.4 is 5.32 Å². The van der Waals surface area contributed by atoms with Crippen LogP contribution in [0.25, 0.3) is 0 Å². The summed E-state index contributed by atoms with van der Waals surface area (Å²) in [7, 11) is 8.31. The second-order valence-electron chi connectivity index (χ2n) is 6.31. The minimum Gasteiger partial charge on any atom is -0.355 e. The molecule has 1 heterocycles. The highest BCUT2D eigenvalue weighted by molar-refractivity contribution is 14.0. The van der Waals surface area contributed by atoms with Crippen molar-refractivity contribution in [2.75, 3.05) is 54.4 Å². The van der Waals surface area contributed by atoms with E-state index in [0.29, 0.717) is 6.04 Å². The Balaban J connectivity index is 0.00000288. The molecule has 1 aromatic carbocycles. The van der Waals surface area contributed by atoms with Gasteiger partial charge in [0.2, 0.25) is 0 Å². The highest BCUT2D eigenvalue weighted by Gasteiger charge is 2.22. The summed E-state index contributed by atoms with van der Waals surface area (Å²) in [5.74, 6) is 0.939. The van der Waals surface area contributed by atoms with Crippen molar-refractivity contribution >= 4 is 45.9 Å². The van der Waals surface area contributed by atoms with Crippen LogP contribution in [-0.2, 0) is 6.54 Å². The third kappa shape index (κ3) is 6.50. The molecule has 1 aromatic rings. The van der Waals surface area contributed by atoms with Gasteiger partial charge in [0.1, 0.15) is 0 Å². The molecule has 0 radical (unpaired) electrons. The van der Waals surface area contributed by atoms with Crippen molar-refractivity contribution < 1.29 is 0 Å². The highest BCUT2D eigenvalue weighted by atomic mass is 127. The molecule has 5 nitrogen and oxygen atoms in total. The van der Waals surface area contributed by atoms with Gasteiger partial charge in [0.05, 0.1) is 0 Å². The molecule has 0 aliphatic carbocycles. The number of rotatable bonds is 4. The van der Waals surface area contributed by atoms with E-state index < -0.39 is 0 Å². The average molecular weight is 510 g/mol. The Morgan fingerprint density at radius 3 is 2.58 bits per heavy atom. The summed E-state index contributed by atoms with van der Waals surface area (Å²) in [5, 5.41) is 3.52. The first-order chi connectivity index (χ1) is 11.0. The molecule has 1 saturated heterocycles. The lowest BCUT2D eigenvalue weighted by Gasteiger charge is -2.38. The zero-order valence-electron chi connectivity index (χ0n) is 15.0. The maximum Gasteiger partial charge on any atom is 0.193 e. The van der Waals surface area contributed by atoms with Gasteiger partial charge in [0.25, 0.3) is 0 Å². The van der Waals surface area contributed by atoms with E-state index in [1.807, 2.05) is 7.05 Å². The quantitative estimate of drug-likeness (QED) is 0.384.